The Bertz CT molecular complexity index is 1230. The van der Waals surface area contributed by atoms with Crippen molar-refractivity contribution in [3.05, 3.63) is 94.1 Å². The summed E-state index contributed by atoms with van der Waals surface area (Å²) in [6.45, 7) is 0.633. The molecule has 6 heteroatoms. The summed E-state index contributed by atoms with van der Waals surface area (Å²) in [6.07, 6.45) is 0.805. The third kappa shape index (κ3) is 3.68. The number of anilines is 1. The lowest BCUT2D eigenvalue weighted by Crippen LogP contribution is -2.43. The number of ether oxygens (including phenoxy) is 1. The summed E-state index contributed by atoms with van der Waals surface area (Å²) in [5, 5.41) is 4.28. The number of hydrogen-bond acceptors (Lipinski definition) is 2. The topological polar surface area (TPSA) is 57.4 Å². The van der Waals surface area contributed by atoms with E-state index in [1.807, 2.05) is 59.5 Å². The van der Waals surface area contributed by atoms with Crippen LogP contribution in [0.15, 0.2) is 77.3 Å². The average molecular weight is 476 g/mol. The lowest BCUT2D eigenvalue weighted by Gasteiger charge is -2.36. The second-order valence-electron chi connectivity index (χ2n) is 7.62. The number of urea groups is 1. The summed E-state index contributed by atoms with van der Waals surface area (Å²) in [4.78, 5) is 18.8. The van der Waals surface area contributed by atoms with Gasteiger partial charge in [-0.25, -0.2) is 4.79 Å². The standard InChI is InChI=1S/C25H22BrN3O2/c1-31-19-12-6-16(7-13-19)24-23-21(20-4-2-3-5-22(20)28-23)14-15-29(24)25(30)27-18-10-8-17(26)9-11-18/h2-13,24,28H,14-15H2,1H3,(H,27,30)/t24-/m1/s1. The van der Waals surface area contributed by atoms with E-state index < -0.39 is 0 Å². The van der Waals surface area contributed by atoms with Gasteiger partial charge in [0.05, 0.1) is 13.2 Å². The highest BCUT2D eigenvalue weighted by Crippen LogP contribution is 2.39. The molecule has 0 aliphatic carbocycles. The predicted molar refractivity (Wildman–Crippen MR) is 127 cm³/mol. The summed E-state index contributed by atoms with van der Waals surface area (Å²) in [6, 6.07) is 23.6. The van der Waals surface area contributed by atoms with Crippen molar-refractivity contribution in [2.75, 3.05) is 19.0 Å². The highest BCUT2D eigenvalue weighted by molar-refractivity contribution is 9.10. The van der Waals surface area contributed by atoms with E-state index in [2.05, 4.69) is 44.4 Å². The molecule has 0 saturated heterocycles. The van der Waals surface area contributed by atoms with Crippen molar-refractivity contribution in [3.63, 3.8) is 0 Å². The van der Waals surface area contributed by atoms with E-state index in [0.717, 1.165) is 39.1 Å². The van der Waals surface area contributed by atoms with Gasteiger partial charge in [-0.1, -0.05) is 46.3 Å². The Kier molecular flexibility index (Phi) is 5.16. The van der Waals surface area contributed by atoms with Gasteiger partial charge in [-0.15, -0.1) is 0 Å². The summed E-state index contributed by atoms with van der Waals surface area (Å²) in [5.74, 6) is 0.794. The van der Waals surface area contributed by atoms with Gasteiger partial charge in [-0.05, 0) is 60.0 Å². The zero-order valence-corrected chi connectivity index (χ0v) is 18.6. The van der Waals surface area contributed by atoms with Crippen molar-refractivity contribution in [2.24, 2.45) is 0 Å². The van der Waals surface area contributed by atoms with Crippen LogP contribution in [0.2, 0.25) is 0 Å². The molecule has 1 aliphatic rings. The van der Waals surface area contributed by atoms with E-state index in [0.29, 0.717) is 6.54 Å². The number of para-hydroxylation sites is 1. The normalized spacial score (nSPS) is 15.5. The van der Waals surface area contributed by atoms with Crippen LogP contribution < -0.4 is 10.1 Å². The predicted octanol–water partition coefficient (Wildman–Crippen LogP) is 6.12. The van der Waals surface area contributed by atoms with Gasteiger partial charge < -0.3 is 19.9 Å². The number of methoxy groups -OCH3 is 1. The van der Waals surface area contributed by atoms with E-state index in [1.165, 1.54) is 10.9 Å². The maximum Gasteiger partial charge on any atom is 0.322 e. The van der Waals surface area contributed by atoms with Crippen LogP contribution in [-0.2, 0) is 6.42 Å². The number of carbonyl (C=O) groups is 1. The molecule has 1 aromatic heterocycles. The van der Waals surface area contributed by atoms with E-state index >= 15 is 0 Å². The number of nitrogens with one attached hydrogen (secondary N) is 2. The zero-order chi connectivity index (χ0) is 21.4. The molecule has 31 heavy (non-hydrogen) atoms. The lowest BCUT2D eigenvalue weighted by atomic mass is 9.92. The molecule has 2 heterocycles. The minimum Gasteiger partial charge on any atom is -0.497 e. The minimum atomic E-state index is -0.211. The summed E-state index contributed by atoms with van der Waals surface area (Å²) in [5.41, 5.74) is 5.26. The Hall–Kier alpha value is -3.25. The molecule has 0 radical (unpaired) electrons. The van der Waals surface area contributed by atoms with Crippen molar-refractivity contribution >= 4 is 38.6 Å². The van der Waals surface area contributed by atoms with Gasteiger partial charge in [0.2, 0.25) is 0 Å². The third-order valence-electron chi connectivity index (χ3n) is 5.82. The monoisotopic (exact) mass is 475 g/mol. The van der Waals surface area contributed by atoms with Gasteiger partial charge in [0, 0.05) is 33.3 Å². The molecule has 1 aliphatic heterocycles. The van der Waals surface area contributed by atoms with E-state index in [4.69, 9.17) is 4.74 Å². The van der Waals surface area contributed by atoms with E-state index in [9.17, 15) is 4.79 Å². The number of aromatic nitrogens is 1. The molecule has 5 rings (SSSR count). The molecule has 4 aromatic rings. The van der Waals surface area contributed by atoms with Gasteiger partial charge in [0.1, 0.15) is 5.75 Å². The first kappa shape index (κ1) is 19.7. The van der Waals surface area contributed by atoms with Crippen molar-refractivity contribution < 1.29 is 9.53 Å². The van der Waals surface area contributed by atoms with Gasteiger partial charge in [0.15, 0.2) is 0 Å². The molecule has 5 nitrogen and oxygen atoms in total. The molecule has 3 aromatic carbocycles. The minimum absolute atomic E-state index is 0.118. The number of nitrogens with zero attached hydrogens (tertiary/aromatic N) is 1. The number of benzene rings is 3. The largest absolute Gasteiger partial charge is 0.497 e. The Morgan fingerprint density at radius 3 is 2.55 bits per heavy atom. The van der Waals surface area contributed by atoms with Crippen LogP contribution in [0.25, 0.3) is 10.9 Å². The smallest absolute Gasteiger partial charge is 0.322 e. The molecule has 0 fully saturated rings. The van der Waals surface area contributed by atoms with Crippen LogP contribution in [0.3, 0.4) is 0 Å². The number of carbonyl (C=O) groups excluding carboxylic acids is 1. The number of H-pyrrole nitrogens is 1. The molecular weight excluding hydrogens is 454 g/mol. The van der Waals surface area contributed by atoms with Gasteiger partial charge >= 0.3 is 6.03 Å². The SMILES string of the molecule is COc1ccc([C@@H]2c3[nH]c4ccccc4c3CCN2C(=O)Nc2ccc(Br)cc2)cc1. The molecular formula is C25H22BrN3O2. The quantitative estimate of drug-likeness (QED) is 0.375. The van der Waals surface area contributed by atoms with Gasteiger partial charge in [0.25, 0.3) is 0 Å². The van der Waals surface area contributed by atoms with Gasteiger partial charge in [-0.3, -0.25) is 0 Å². The van der Waals surface area contributed by atoms with Crippen molar-refractivity contribution in [1.82, 2.24) is 9.88 Å². The van der Waals surface area contributed by atoms with Crippen LogP contribution >= 0.6 is 15.9 Å². The Morgan fingerprint density at radius 2 is 1.81 bits per heavy atom. The summed E-state index contributed by atoms with van der Waals surface area (Å²) in [7, 11) is 1.66. The Morgan fingerprint density at radius 1 is 1.06 bits per heavy atom. The van der Waals surface area contributed by atoms with Crippen molar-refractivity contribution in [3.8, 4) is 5.75 Å². The van der Waals surface area contributed by atoms with Crippen molar-refractivity contribution in [1.29, 1.82) is 0 Å². The van der Waals surface area contributed by atoms with E-state index in [1.54, 1.807) is 7.11 Å². The number of rotatable bonds is 3. The maximum absolute atomic E-state index is 13.3. The molecule has 156 valence electrons. The maximum atomic E-state index is 13.3. The van der Waals surface area contributed by atoms with Gasteiger partial charge in [-0.2, -0.15) is 0 Å². The fourth-order valence-electron chi connectivity index (χ4n) is 4.32. The number of fused-ring (bicyclic) bond motifs is 3. The molecule has 0 bridgehead atoms. The average Bonchev–Trinajstić information content (AvgIpc) is 3.19. The molecule has 0 unspecified atom stereocenters. The fraction of sp³-hybridized carbons (Fsp3) is 0.160. The fourth-order valence-corrected chi connectivity index (χ4v) is 4.59. The van der Waals surface area contributed by atoms with Crippen LogP contribution in [0.1, 0.15) is 22.9 Å². The Balaban J connectivity index is 1.56. The molecule has 1 atom stereocenters. The van der Waals surface area contributed by atoms with Crippen molar-refractivity contribution in [2.45, 2.75) is 12.5 Å². The summed E-state index contributed by atoms with van der Waals surface area (Å²) < 4.78 is 6.31. The molecule has 0 spiro atoms. The highest BCUT2D eigenvalue weighted by atomic mass is 79.9. The van der Waals surface area contributed by atoms with Crippen LogP contribution in [0.5, 0.6) is 5.75 Å². The molecule has 2 N–H and O–H groups in total. The van der Waals surface area contributed by atoms with Crippen LogP contribution in [0.4, 0.5) is 10.5 Å². The first-order valence-electron chi connectivity index (χ1n) is 10.2. The number of amides is 2. The van der Waals surface area contributed by atoms with Crippen LogP contribution in [0, 0.1) is 0 Å². The Labute approximate surface area is 189 Å². The number of hydrogen-bond donors (Lipinski definition) is 2. The highest BCUT2D eigenvalue weighted by Gasteiger charge is 2.34. The number of aromatic amines is 1. The lowest BCUT2D eigenvalue weighted by molar-refractivity contribution is 0.193. The first-order valence-corrected chi connectivity index (χ1v) is 11.0. The first-order chi connectivity index (χ1) is 15.1. The summed E-state index contributed by atoms with van der Waals surface area (Å²) >= 11 is 3.44. The second-order valence-corrected chi connectivity index (χ2v) is 8.53. The number of halogens is 1. The second kappa shape index (κ2) is 8.12. The zero-order valence-electron chi connectivity index (χ0n) is 17.1. The van der Waals surface area contributed by atoms with Crippen LogP contribution in [-0.4, -0.2) is 29.6 Å². The molecule has 2 amide bonds. The third-order valence-corrected chi connectivity index (χ3v) is 6.35. The van der Waals surface area contributed by atoms with E-state index in [-0.39, 0.29) is 12.1 Å². The molecule has 0 saturated carbocycles.